The van der Waals surface area contributed by atoms with Gasteiger partial charge in [0.25, 0.3) is 0 Å². The number of aliphatic carboxylic acids is 1. The minimum atomic E-state index is -0.725. The fourth-order valence-electron chi connectivity index (χ4n) is 3.18. The van der Waals surface area contributed by atoms with Crippen molar-refractivity contribution in [2.24, 2.45) is 5.92 Å². The maximum atomic E-state index is 11.6. The first kappa shape index (κ1) is 17.4. The normalized spacial score (nSPS) is 23.4. The summed E-state index contributed by atoms with van der Waals surface area (Å²) in [5.41, 5.74) is -0.725. The van der Waals surface area contributed by atoms with Crippen molar-refractivity contribution in [3.05, 3.63) is 0 Å². The van der Waals surface area contributed by atoms with Gasteiger partial charge in [-0.25, -0.2) is 0 Å². The number of nitrogens with zero attached hydrogens (tertiary/aromatic N) is 1. The van der Waals surface area contributed by atoms with E-state index in [1.165, 1.54) is 25.9 Å². The molecule has 1 saturated heterocycles. The summed E-state index contributed by atoms with van der Waals surface area (Å²) in [6, 6.07) is 0. The number of carboxylic acid groups (broad SMARTS) is 1. The molecule has 1 aliphatic heterocycles. The quantitative estimate of drug-likeness (QED) is 0.683. The van der Waals surface area contributed by atoms with E-state index in [1.807, 2.05) is 6.92 Å². The highest BCUT2D eigenvalue weighted by molar-refractivity contribution is 5.78. The van der Waals surface area contributed by atoms with Crippen LogP contribution in [0.25, 0.3) is 0 Å². The zero-order valence-electron chi connectivity index (χ0n) is 13.5. The fourth-order valence-corrected chi connectivity index (χ4v) is 3.18. The van der Waals surface area contributed by atoms with E-state index < -0.39 is 11.5 Å². The van der Waals surface area contributed by atoms with Crippen LogP contribution in [0, 0.1) is 5.92 Å². The van der Waals surface area contributed by atoms with Crippen LogP contribution in [0.1, 0.15) is 59.3 Å². The van der Waals surface area contributed by atoms with Crippen molar-refractivity contribution in [1.82, 2.24) is 10.2 Å². The van der Waals surface area contributed by atoms with E-state index in [-0.39, 0.29) is 0 Å². The largest absolute Gasteiger partial charge is 0.480 e. The van der Waals surface area contributed by atoms with Gasteiger partial charge in [-0.05, 0) is 64.1 Å². The molecule has 0 aromatic rings. The molecule has 0 aromatic heterocycles. The predicted molar refractivity (Wildman–Crippen MR) is 83.0 cm³/mol. The van der Waals surface area contributed by atoms with Gasteiger partial charge in [0.2, 0.25) is 0 Å². The maximum absolute atomic E-state index is 11.6. The third-order valence-corrected chi connectivity index (χ3v) is 4.55. The highest BCUT2D eigenvalue weighted by Gasteiger charge is 2.35. The third kappa shape index (κ3) is 5.06. The van der Waals surface area contributed by atoms with Gasteiger partial charge in [0, 0.05) is 6.54 Å². The predicted octanol–water partition coefficient (Wildman–Crippen LogP) is 2.73. The Bertz CT molecular complexity index is 296. The number of nitrogens with one attached hydrogen (secondary N) is 1. The molecule has 0 bridgehead atoms. The van der Waals surface area contributed by atoms with E-state index in [4.69, 9.17) is 0 Å². The van der Waals surface area contributed by atoms with Gasteiger partial charge in [0.1, 0.15) is 5.54 Å². The summed E-state index contributed by atoms with van der Waals surface area (Å²) in [6.45, 7) is 10.5. The highest BCUT2D eigenvalue weighted by Crippen LogP contribution is 2.20. The molecule has 20 heavy (non-hydrogen) atoms. The Morgan fingerprint density at radius 1 is 1.45 bits per heavy atom. The van der Waals surface area contributed by atoms with Crippen molar-refractivity contribution < 1.29 is 9.90 Å². The monoisotopic (exact) mass is 284 g/mol. The number of likely N-dealkylation sites (tertiary alicyclic amines) is 1. The molecular formula is C16H32N2O2. The zero-order valence-corrected chi connectivity index (χ0v) is 13.5. The molecular weight excluding hydrogens is 252 g/mol. The third-order valence-electron chi connectivity index (χ3n) is 4.55. The molecule has 2 atom stereocenters. The van der Waals surface area contributed by atoms with Crippen LogP contribution in [0.4, 0.5) is 0 Å². The Balaban J connectivity index is 2.43. The lowest BCUT2D eigenvalue weighted by molar-refractivity contribution is -0.145. The molecule has 2 unspecified atom stereocenters. The Hall–Kier alpha value is -0.610. The molecule has 0 aromatic carbocycles. The molecule has 4 heteroatoms. The maximum Gasteiger partial charge on any atom is 0.323 e. The second kappa shape index (κ2) is 8.63. The molecule has 0 spiro atoms. The van der Waals surface area contributed by atoms with Crippen molar-refractivity contribution in [1.29, 1.82) is 0 Å². The van der Waals surface area contributed by atoms with Gasteiger partial charge < -0.3 is 15.3 Å². The zero-order chi connectivity index (χ0) is 15.0. The summed E-state index contributed by atoms with van der Waals surface area (Å²) in [7, 11) is 0. The first-order chi connectivity index (χ1) is 9.54. The van der Waals surface area contributed by atoms with Crippen molar-refractivity contribution in [3.8, 4) is 0 Å². The Morgan fingerprint density at radius 3 is 2.75 bits per heavy atom. The summed E-state index contributed by atoms with van der Waals surface area (Å²) >= 11 is 0. The minimum Gasteiger partial charge on any atom is -0.480 e. The summed E-state index contributed by atoms with van der Waals surface area (Å²) in [5, 5.41) is 12.8. The van der Waals surface area contributed by atoms with Crippen LogP contribution < -0.4 is 5.32 Å². The summed E-state index contributed by atoms with van der Waals surface area (Å²) in [5.74, 6) is 0.0952. The molecule has 1 aliphatic rings. The average Bonchev–Trinajstić information content (AvgIpc) is 2.42. The Labute approximate surface area is 123 Å². The lowest BCUT2D eigenvalue weighted by atomic mass is 9.89. The number of piperidine rings is 1. The summed E-state index contributed by atoms with van der Waals surface area (Å²) in [4.78, 5) is 14.1. The number of rotatable bonds is 9. The van der Waals surface area contributed by atoms with E-state index in [1.54, 1.807) is 0 Å². The molecule has 0 amide bonds. The van der Waals surface area contributed by atoms with E-state index in [2.05, 4.69) is 24.1 Å². The van der Waals surface area contributed by atoms with Crippen LogP contribution >= 0.6 is 0 Å². The van der Waals surface area contributed by atoms with Gasteiger partial charge in [-0.15, -0.1) is 0 Å². The molecule has 0 radical (unpaired) electrons. The highest BCUT2D eigenvalue weighted by atomic mass is 16.4. The summed E-state index contributed by atoms with van der Waals surface area (Å²) < 4.78 is 0. The van der Waals surface area contributed by atoms with Gasteiger partial charge in [-0.1, -0.05) is 20.8 Å². The lowest BCUT2D eigenvalue weighted by Gasteiger charge is -2.33. The van der Waals surface area contributed by atoms with E-state index in [0.29, 0.717) is 6.42 Å². The first-order valence-corrected chi connectivity index (χ1v) is 8.25. The number of carboxylic acids is 1. The smallest absolute Gasteiger partial charge is 0.323 e. The van der Waals surface area contributed by atoms with E-state index in [0.717, 1.165) is 38.3 Å². The molecule has 0 saturated carbocycles. The molecule has 1 rings (SSSR count). The molecule has 4 nitrogen and oxygen atoms in total. The first-order valence-electron chi connectivity index (χ1n) is 8.25. The molecule has 1 fully saturated rings. The average molecular weight is 284 g/mol. The van der Waals surface area contributed by atoms with Crippen molar-refractivity contribution >= 4 is 5.97 Å². The topological polar surface area (TPSA) is 52.6 Å². The van der Waals surface area contributed by atoms with Crippen molar-refractivity contribution in [2.45, 2.75) is 64.8 Å². The molecule has 1 heterocycles. The fraction of sp³-hybridized carbons (Fsp3) is 0.938. The minimum absolute atomic E-state index is 0.652. The molecule has 2 N–H and O–H groups in total. The van der Waals surface area contributed by atoms with Gasteiger partial charge in [0.05, 0.1) is 0 Å². The van der Waals surface area contributed by atoms with Crippen LogP contribution in [0.2, 0.25) is 0 Å². The molecule has 0 aliphatic carbocycles. The van der Waals surface area contributed by atoms with Crippen molar-refractivity contribution in [2.75, 3.05) is 26.2 Å². The van der Waals surface area contributed by atoms with Crippen LogP contribution in [0.3, 0.4) is 0 Å². The number of hydrogen-bond donors (Lipinski definition) is 2. The van der Waals surface area contributed by atoms with Crippen LogP contribution in [0.15, 0.2) is 0 Å². The second-order valence-corrected chi connectivity index (χ2v) is 6.32. The second-order valence-electron chi connectivity index (χ2n) is 6.32. The summed E-state index contributed by atoms with van der Waals surface area (Å²) in [6.07, 6.45) is 5.93. The Morgan fingerprint density at radius 2 is 2.20 bits per heavy atom. The van der Waals surface area contributed by atoms with Crippen molar-refractivity contribution in [3.63, 3.8) is 0 Å². The van der Waals surface area contributed by atoms with Gasteiger partial charge in [-0.3, -0.25) is 4.79 Å². The Kier molecular flexibility index (Phi) is 7.52. The standard InChI is InChI=1S/C16H32N2O2/c1-4-10-17-16(5-2,15(19)20)9-7-12-18-11-6-8-14(3)13-18/h14,17H,4-13H2,1-3H3,(H,19,20). The lowest BCUT2D eigenvalue weighted by Crippen LogP contribution is -2.52. The van der Waals surface area contributed by atoms with E-state index in [9.17, 15) is 9.90 Å². The number of hydrogen-bond acceptors (Lipinski definition) is 3. The van der Waals surface area contributed by atoms with Gasteiger partial charge >= 0.3 is 5.97 Å². The van der Waals surface area contributed by atoms with Gasteiger partial charge in [-0.2, -0.15) is 0 Å². The van der Waals surface area contributed by atoms with E-state index >= 15 is 0 Å². The van der Waals surface area contributed by atoms with Crippen LogP contribution in [0.5, 0.6) is 0 Å². The SMILES string of the molecule is CCCNC(CC)(CCCN1CCCC(C)C1)C(=O)O. The van der Waals surface area contributed by atoms with Crippen LogP contribution in [-0.4, -0.2) is 47.7 Å². The number of carbonyl (C=O) groups is 1. The van der Waals surface area contributed by atoms with Crippen LogP contribution in [-0.2, 0) is 4.79 Å². The molecule has 118 valence electrons. The van der Waals surface area contributed by atoms with Gasteiger partial charge in [0.15, 0.2) is 0 Å².